The Balaban J connectivity index is 2.17. The van der Waals surface area contributed by atoms with Crippen LogP contribution in [-0.2, 0) is 15.6 Å². The molecule has 0 atom stereocenters. The molecule has 1 heterocycles. The van der Waals surface area contributed by atoms with Crippen molar-refractivity contribution < 1.29 is 8.42 Å². The van der Waals surface area contributed by atoms with Crippen LogP contribution in [0.4, 0.5) is 5.69 Å². The molecule has 4 nitrogen and oxygen atoms in total. The van der Waals surface area contributed by atoms with Crippen LogP contribution >= 0.6 is 23.2 Å². The predicted octanol–water partition coefficient (Wildman–Crippen LogP) is 5.10. The minimum Gasteiger partial charge on any atom is -0.338 e. The van der Waals surface area contributed by atoms with Gasteiger partial charge in [-0.3, -0.25) is 4.72 Å². The van der Waals surface area contributed by atoms with Crippen molar-refractivity contribution >= 4 is 49.8 Å². The number of anilines is 1. The topological polar surface area (TPSA) is 51.1 Å². The summed E-state index contributed by atoms with van der Waals surface area (Å²) in [4.78, 5) is 0. The van der Waals surface area contributed by atoms with E-state index in [-0.39, 0.29) is 0 Å². The van der Waals surface area contributed by atoms with Crippen molar-refractivity contribution in [2.45, 2.75) is 19.4 Å². The molecule has 0 bridgehead atoms. The summed E-state index contributed by atoms with van der Waals surface area (Å²) in [7, 11) is -3.35. The average molecular weight is 397 g/mol. The Morgan fingerprint density at radius 2 is 1.80 bits per heavy atom. The minimum atomic E-state index is -3.35. The molecule has 0 fully saturated rings. The van der Waals surface area contributed by atoms with Gasteiger partial charge in [0.15, 0.2) is 0 Å². The number of rotatable bonds is 4. The fourth-order valence-electron chi connectivity index (χ4n) is 3.06. The summed E-state index contributed by atoms with van der Waals surface area (Å²) in [5, 5.41) is 2.00. The van der Waals surface area contributed by atoms with Crippen LogP contribution in [0, 0.1) is 0 Å². The highest BCUT2D eigenvalue weighted by atomic mass is 35.5. The van der Waals surface area contributed by atoms with Crippen molar-refractivity contribution in [1.82, 2.24) is 4.57 Å². The molecule has 132 valence electrons. The number of aromatic nitrogens is 1. The zero-order valence-corrected chi connectivity index (χ0v) is 16.4. The Bertz CT molecular complexity index is 1060. The van der Waals surface area contributed by atoms with E-state index in [2.05, 4.69) is 23.1 Å². The third-order valence-corrected chi connectivity index (χ3v) is 5.36. The molecule has 25 heavy (non-hydrogen) atoms. The summed E-state index contributed by atoms with van der Waals surface area (Å²) >= 11 is 12.4. The molecule has 3 aromatic rings. The Morgan fingerprint density at radius 3 is 2.44 bits per heavy atom. The largest absolute Gasteiger partial charge is 0.338 e. The zero-order valence-electron chi connectivity index (χ0n) is 14.0. The summed E-state index contributed by atoms with van der Waals surface area (Å²) in [5.41, 5.74) is 1.94. The highest BCUT2D eigenvalue weighted by Crippen LogP contribution is 2.37. The molecule has 0 unspecified atom stereocenters. The molecule has 0 saturated carbocycles. The smallest absolute Gasteiger partial charge is 0.229 e. The van der Waals surface area contributed by atoms with Crippen LogP contribution in [-0.4, -0.2) is 19.2 Å². The van der Waals surface area contributed by atoms with Crippen molar-refractivity contribution in [3.63, 3.8) is 0 Å². The lowest BCUT2D eigenvalue weighted by atomic mass is 9.93. The van der Waals surface area contributed by atoms with Crippen molar-refractivity contribution in [3.05, 3.63) is 64.3 Å². The lowest BCUT2D eigenvalue weighted by Crippen LogP contribution is -2.27. The van der Waals surface area contributed by atoms with Gasteiger partial charge in [-0.1, -0.05) is 35.3 Å². The SMILES string of the molecule is CC(C)(c1ccc(Cl)cc1Cl)n1ccc2c(NS(C)(=O)=O)cccc21. The second-order valence-electron chi connectivity index (χ2n) is 6.48. The Morgan fingerprint density at radius 1 is 1.08 bits per heavy atom. The Labute approximate surface area is 157 Å². The van der Waals surface area contributed by atoms with Crippen LogP contribution in [0.3, 0.4) is 0 Å². The maximum Gasteiger partial charge on any atom is 0.229 e. The molecule has 0 aliphatic carbocycles. The van der Waals surface area contributed by atoms with Gasteiger partial charge in [0.1, 0.15) is 0 Å². The van der Waals surface area contributed by atoms with Crippen molar-refractivity contribution in [3.8, 4) is 0 Å². The van der Waals surface area contributed by atoms with Crippen LogP contribution in [0.15, 0.2) is 48.7 Å². The van der Waals surface area contributed by atoms with E-state index in [1.807, 2.05) is 36.5 Å². The second-order valence-corrected chi connectivity index (χ2v) is 9.07. The van der Waals surface area contributed by atoms with Crippen LogP contribution in [0.5, 0.6) is 0 Å². The van der Waals surface area contributed by atoms with Crippen LogP contribution < -0.4 is 4.72 Å². The number of fused-ring (bicyclic) bond motifs is 1. The van der Waals surface area contributed by atoms with E-state index in [0.717, 1.165) is 22.7 Å². The van der Waals surface area contributed by atoms with E-state index in [1.165, 1.54) is 0 Å². The summed E-state index contributed by atoms with van der Waals surface area (Å²) in [6.45, 7) is 4.11. The minimum absolute atomic E-state index is 0.451. The average Bonchev–Trinajstić information content (AvgIpc) is 2.91. The molecule has 0 aliphatic heterocycles. The van der Waals surface area contributed by atoms with Gasteiger partial charge in [-0.25, -0.2) is 8.42 Å². The van der Waals surface area contributed by atoms with Crippen molar-refractivity contribution in [2.75, 3.05) is 11.0 Å². The molecule has 7 heteroatoms. The Hall–Kier alpha value is -1.69. The molecule has 1 N–H and O–H groups in total. The van der Waals surface area contributed by atoms with Gasteiger partial charge in [-0.2, -0.15) is 0 Å². The normalized spacial score (nSPS) is 12.5. The quantitative estimate of drug-likeness (QED) is 0.666. The van der Waals surface area contributed by atoms with E-state index in [1.54, 1.807) is 12.1 Å². The fraction of sp³-hybridized carbons (Fsp3) is 0.222. The highest BCUT2D eigenvalue weighted by molar-refractivity contribution is 7.92. The molecular weight excluding hydrogens is 379 g/mol. The number of sulfonamides is 1. The summed E-state index contributed by atoms with van der Waals surface area (Å²) in [5.74, 6) is 0. The number of hydrogen-bond donors (Lipinski definition) is 1. The van der Waals surface area contributed by atoms with E-state index >= 15 is 0 Å². The molecule has 1 aromatic heterocycles. The van der Waals surface area contributed by atoms with Crippen molar-refractivity contribution in [1.29, 1.82) is 0 Å². The van der Waals surface area contributed by atoms with Gasteiger partial charge in [0.25, 0.3) is 0 Å². The first kappa shape index (κ1) is 18.1. The van der Waals surface area contributed by atoms with Crippen molar-refractivity contribution in [2.24, 2.45) is 0 Å². The number of hydrogen-bond acceptors (Lipinski definition) is 2. The van der Waals surface area contributed by atoms with Gasteiger partial charge in [-0.05, 0) is 49.7 Å². The maximum absolute atomic E-state index is 11.6. The first-order chi connectivity index (χ1) is 11.6. The third kappa shape index (κ3) is 3.50. The molecule has 3 rings (SSSR count). The van der Waals surface area contributed by atoms with Crippen LogP contribution in [0.25, 0.3) is 10.9 Å². The van der Waals surface area contributed by atoms with Gasteiger partial charge >= 0.3 is 0 Å². The predicted molar refractivity (Wildman–Crippen MR) is 105 cm³/mol. The summed E-state index contributed by atoms with van der Waals surface area (Å²) in [6, 6.07) is 12.9. The van der Waals surface area contributed by atoms with Gasteiger partial charge in [-0.15, -0.1) is 0 Å². The van der Waals surface area contributed by atoms with Gasteiger partial charge in [0.05, 0.1) is 23.0 Å². The molecule has 0 amide bonds. The van der Waals surface area contributed by atoms with Crippen LogP contribution in [0.1, 0.15) is 19.4 Å². The number of benzene rings is 2. The van der Waals surface area contributed by atoms with E-state index in [4.69, 9.17) is 23.2 Å². The zero-order chi connectivity index (χ0) is 18.4. The Kier molecular flexibility index (Phi) is 4.52. The fourth-order valence-corrected chi connectivity index (χ4v) is 4.28. The van der Waals surface area contributed by atoms with E-state index in [0.29, 0.717) is 15.7 Å². The third-order valence-electron chi connectivity index (χ3n) is 4.22. The first-order valence-electron chi connectivity index (χ1n) is 7.63. The summed E-state index contributed by atoms with van der Waals surface area (Å²) in [6.07, 6.45) is 3.07. The van der Waals surface area contributed by atoms with E-state index in [9.17, 15) is 8.42 Å². The highest BCUT2D eigenvalue weighted by Gasteiger charge is 2.27. The first-order valence-corrected chi connectivity index (χ1v) is 10.3. The lowest BCUT2D eigenvalue weighted by Gasteiger charge is -2.30. The molecular formula is C18H18Cl2N2O2S. The van der Waals surface area contributed by atoms with Crippen LogP contribution in [0.2, 0.25) is 10.0 Å². The summed E-state index contributed by atoms with van der Waals surface area (Å²) < 4.78 is 27.8. The van der Waals surface area contributed by atoms with E-state index < -0.39 is 15.6 Å². The van der Waals surface area contributed by atoms with Gasteiger partial charge < -0.3 is 4.57 Å². The lowest BCUT2D eigenvalue weighted by molar-refractivity contribution is 0.451. The molecule has 0 saturated heterocycles. The monoisotopic (exact) mass is 396 g/mol. The number of nitrogens with zero attached hydrogens (tertiary/aromatic N) is 1. The van der Waals surface area contributed by atoms with Gasteiger partial charge in [0, 0.05) is 21.6 Å². The molecule has 0 aliphatic rings. The molecule has 0 radical (unpaired) electrons. The standard InChI is InChI=1S/C18H18Cl2N2O2S/c1-18(2,14-8-7-12(19)11-15(14)20)22-10-9-13-16(21-25(3,23)24)5-4-6-17(13)22/h4-11,21H,1-3H3. The molecule has 0 spiro atoms. The maximum atomic E-state index is 11.6. The number of halogens is 2. The second kappa shape index (κ2) is 6.24. The van der Waals surface area contributed by atoms with Gasteiger partial charge in [0.2, 0.25) is 10.0 Å². The number of nitrogens with one attached hydrogen (secondary N) is 1. The molecule has 2 aromatic carbocycles.